The van der Waals surface area contributed by atoms with Crippen molar-refractivity contribution < 1.29 is 9.90 Å². The number of carboxylic acid groups (broad SMARTS) is 1. The van der Waals surface area contributed by atoms with Gasteiger partial charge in [-0.2, -0.15) is 0 Å². The number of amides is 1. The minimum Gasteiger partial charge on any atom is -0.465 e. The molecule has 0 aromatic heterocycles. The van der Waals surface area contributed by atoms with Gasteiger partial charge in [0.1, 0.15) is 0 Å². The van der Waals surface area contributed by atoms with Gasteiger partial charge in [0.15, 0.2) is 0 Å². The van der Waals surface area contributed by atoms with Crippen LogP contribution in [0.5, 0.6) is 0 Å². The molecule has 1 aromatic rings. The van der Waals surface area contributed by atoms with E-state index in [1.807, 2.05) is 30.3 Å². The SMILES string of the molecule is O=C(O)N[C@@H](c1ccccc1)C1CC1. The summed E-state index contributed by atoms with van der Waals surface area (Å²) in [5.41, 5.74) is 1.07. The van der Waals surface area contributed by atoms with Crippen LogP contribution in [0, 0.1) is 5.92 Å². The second-order valence-corrected chi connectivity index (χ2v) is 3.68. The third-order valence-electron chi connectivity index (χ3n) is 2.53. The van der Waals surface area contributed by atoms with Crippen molar-refractivity contribution in [1.29, 1.82) is 0 Å². The highest BCUT2D eigenvalue weighted by molar-refractivity contribution is 5.65. The zero-order chi connectivity index (χ0) is 9.97. The van der Waals surface area contributed by atoms with E-state index in [-0.39, 0.29) is 6.04 Å². The maximum Gasteiger partial charge on any atom is 0.405 e. The summed E-state index contributed by atoms with van der Waals surface area (Å²) in [7, 11) is 0. The highest BCUT2D eigenvalue weighted by Gasteiger charge is 2.33. The van der Waals surface area contributed by atoms with Crippen molar-refractivity contribution in [2.24, 2.45) is 5.92 Å². The number of benzene rings is 1. The van der Waals surface area contributed by atoms with Gasteiger partial charge in [-0.1, -0.05) is 30.3 Å². The summed E-state index contributed by atoms with van der Waals surface area (Å²) in [5.74, 6) is 0.494. The van der Waals surface area contributed by atoms with Gasteiger partial charge < -0.3 is 10.4 Å². The molecule has 1 aromatic carbocycles. The molecule has 0 saturated heterocycles. The molecule has 3 heteroatoms. The zero-order valence-corrected chi connectivity index (χ0v) is 7.81. The molecular formula is C11H13NO2. The molecule has 1 fully saturated rings. The second kappa shape index (κ2) is 3.70. The van der Waals surface area contributed by atoms with Crippen molar-refractivity contribution in [2.45, 2.75) is 18.9 Å². The first-order valence-corrected chi connectivity index (χ1v) is 4.82. The number of hydrogen-bond donors (Lipinski definition) is 2. The molecule has 0 heterocycles. The molecular weight excluding hydrogens is 178 g/mol. The quantitative estimate of drug-likeness (QED) is 0.770. The Labute approximate surface area is 82.8 Å². The van der Waals surface area contributed by atoms with Crippen LogP contribution in [-0.2, 0) is 0 Å². The predicted octanol–water partition coefficient (Wildman–Crippen LogP) is 2.41. The maximum atomic E-state index is 10.6. The molecule has 1 saturated carbocycles. The van der Waals surface area contributed by atoms with E-state index in [4.69, 9.17) is 5.11 Å². The molecule has 0 spiro atoms. The monoisotopic (exact) mass is 191 g/mol. The van der Waals surface area contributed by atoms with Crippen LogP contribution in [0.15, 0.2) is 30.3 Å². The molecule has 0 aliphatic heterocycles. The summed E-state index contributed by atoms with van der Waals surface area (Å²) in [4.78, 5) is 10.6. The number of nitrogens with one attached hydrogen (secondary N) is 1. The van der Waals surface area contributed by atoms with Crippen molar-refractivity contribution in [3.05, 3.63) is 35.9 Å². The van der Waals surface area contributed by atoms with Gasteiger partial charge in [-0.25, -0.2) is 4.79 Å². The molecule has 2 rings (SSSR count). The first kappa shape index (κ1) is 9.06. The van der Waals surface area contributed by atoms with Gasteiger partial charge in [0.2, 0.25) is 0 Å². The largest absolute Gasteiger partial charge is 0.465 e. The maximum absolute atomic E-state index is 10.6. The summed E-state index contributed by atoms with van der Waals surface area (Å²) in [5, 5.41) is 11.3. The molecule has 3 nitrogen and oxygen atoms in total. The van der Waals surface area contributed by atoms with Crippen LogP contribution >= 0.6 is 0 Å². The topological polar surface area (TPSA) is 49.3 Å². The van der Waals surface area contributed by atoms with Crippen molar-refractivity contribution in [3.8, 4) is 0 Å². The Bertz CT molecular complexity index is 319. The second-order valence-electron chi connectivity index (χ2n) is 3.68. The molecule has 1 atom stereocenters. The average molecular weight is 191 g/mol. The summed E-state index contributed by atoms with van der Waals surface area (Å²) in [6.45, 7) is 0. The lowest BCUT2D eigenvalue weighted by Crippen LogP contribution is -2.28. The van der Waals surface area contributed by atoms with Crippen LogP contribution in [0.1, 0.15) is 24.4 Å². The van der Waals surface area contributed by atoms with E-state index in [0.29, 0.717) is 5.92 Å². The van der Waals surface area contributed by atoms with E-state index in [1.165, 1.54) is 0 Å². The first-order chi connectivity index (χ1) is 6.77. The summed E-state index contributed by atoms with van der Waals surface area (Å²) >= 11 is 0. The molecule has 0 unspecified atom stereocenters. The number of rotatable bonds is 3. The van der Waals surface area contributed by atoms with Crippen molar-refractivity contribution >= 4 is 6.09 Å². The lowest BCUT2D eigenvalue weighted by molar-refractivity contribution is 0.188. The Morgan fingerprint density at radius 1 is 1.36 bits per heavy atom. The fourth-order valence-electron chi connectivity index (χ4n) is 1.70. The number of hydrogen-bond acceptors (Lipinski definition) is 1. The van der Waals surface area contributed by atoms with Gasteiger partial charge in [0.25, 0.3) is 0 Å². The fourth-order valence-corrected chi connectivity index (χ4v) is 1.70. The highest BCUT2D eigenvalue weighted by atomic mass is 16.4. The molecule has 0 bridgehead atoms. The van der Waals surface area contributed by atoms with Crippen LogP contribution in [0.3, 0.4) is 0 Å². The lowest BCUT2D eigenvalue weighted by Gasteiger charge is -2.16. The Morgan fingerprint density at radius 3 is 2.50 bits per heavy atom. The van der Waals surface area contributed by atoms with Gasteiger partial charge >= 0.3 is 6.09 Å². The molecule has 1 aliphatic carbocycles. The first-order valence-electron chi connectivity index (χ1n) is 4.82. The minimum atomic E-state index is -0.939. The van der Waals surface area contributed by atoms with Crippen molar-refractivity contribution in [2.75, 3.05) is 0 Å². The Balaban J connectivity index is 2.14. The molecule has 0 radical (unpaired) electrons. The average Bonchev–Trinajstić information content (AvgIpc) is 2.99. The van der Waals surface area contributed by atoms with E-state index in [1.54, 1.807) is 0 Å². The predicted molar refractivity (Wildman–Crippen MR) is 53.1 cm³/mol. The Morgan fingerprint density at radius 2 is 2.00 bits per heavy atom. The van der Waals surface area contributed by atoms with Crippen LogP contribution in [0.4, 0.5) is 4.79 Å². The van der Waals surface area contributed by atoms with Gasteiger partial charge in [-0.15, -0.1) is 0 Å². The van der Waals surface area contributed by atoms with E-state index in [9.17, 15) is 4.79 Å². The normalized spacial score (nSPS) is 17.4. The Kier molecular flexibility index (Phi) is 2.39. The van der Waals surface area contributed by atoms with Gasteiger partial charge in [0, 0.05) is 0 Å². The summed E-state index contributed by atoms with van der Waals surface area (Å²) < 4.78 is 0. The van der Waals surface area contributed by atoms with Crippen LogP contribution in [-0.4, -0.2) is 11.2 Å². The lowest BCUT2D eigenvalue weighted by atomic mass is 10.0. The third-order valence-corrected chi connectivity index (χ3v) is 2.53. The third kappa shape index (κ3) is 2.05. The van der Waals surface area contributed by atoms with Crippen molar-refractivity contribution in [3.63, 3.8) is 0 Å². The van der Waals surface area contributed by atoms with Gasteiger partial charge in [-0.3, -0.25) is 0 Å². The molecule has 1 aliphatic rings. The minimum absolute atomic E-state index is 0.0197. The zero-order valence-electron chi connectivity index (χ0n) is 7.81. The van der Waals surface area contributed by atoms with Gasteiger partial charge in [0.05, 0.1) is 6.04 Å². The highest BCUT2D eigenvalue weighted by Crippen LogP contribution is 2.40. The van der Waals surface area contributed by atoms with Crippen LogP contribution in [0.2, 0.25) is 0 Å². The fraction of sp³-hybridized carbons (Fsp3) is 0.364. The standard InChI is InChI=1S/C11H13NO2/c13-11(14)12-10(9-6-7-9)8-4-2-1-3-5-8/h1-5,9-10,12H,6-7H2,(H,13,14)/t10-/m0/s1. The summed E-state index contributed by atoms with van der Waals surface area (Å²) in [6, 6.07) is 9.74. The van der Waals surface area contributed by atoms with E-state index in [0.717, 1.165) is 18.4 Å². The molecule has 74 valence electrons. The van der Waals surface area contributed by atoms with Crippen molar-refractivity contribution in [1.82, 2.24) is 5.32 Å². The van der Waals surface area contributed by atoms with E-state index < -0.39 is 6.09 Å². The molecule has 2 N–H and O–H groups in total. The van der Waals surface area contributed by atoms with Gasteiger partial charge in [-0.05, 0) is 24.3 Å². The molecule has 1 amide bonds. The smallest absolute Gasteiger partial charge is 0.405 e. The van der Waals surface area contributed by atoms with E-state index in [2.05, 4.69) is 5.32 Å². The Hall–Kier alpha value is -1.51. The molecule has 14 heavy (non-hydrogen) atoms. The van der Waals surface area contributed by atoms with E-state index >= 15 is 0 Å². The number of carbonyl (C=O) groups is 1. The summed E-state index contributed by atoms with van der Waals surface area (Å²) in [6.07, 6.45) is 1.31. The van der Waals surface area contributed by atoms with Crippen LogP contribution in [0.25, 0.3) is 0 Å². The van der Waals surface area contributed by atoms with Crippen LogP contribution < -0.4 is 5.32 Å².